The van der Waals surface area contributed by atoms with Crippen molar-refractivity contribution in [2.75, 3.05) is 18.9 Å². The summed E-state index contributed by atoms with van der Waals surface area (Å²) >= 11 is 1.37. The lowest BCUT2D eigenvalue weighted by Gasteiger charge is -2.03. The van der Waals surface area contributed by atoms with Crippen molar-refractivity contribution < 1.29 is 4.79 Å². The summed E-state index contributed by atoms with van der Waals surface area (Å²) in [7, 11) is 1.79. The van der Waals surface area contributed by atoms with Gasteiger partial charge >= 0.3 is 0 Å². The molecule has 0 bridgehead atoms. The fourth-order valence-corrected chi connectivity index (χ4v) is 2.76. The van der Waals surface area contributed by atoms with E-state index in [-0.39, 0.29) is 5.91 Å². The van der Waals surface area contributed by atoms with E-state index in [0.29, 0.717) is 11.4 Å². The summed E-state index contributed by atoms with van der Waals surface area (Å²) in [6.45, 7) is 4.59. The van der Waals surface area contributed by atoms with Crippen molar-refractivity contribution in [3.63, 3.8) is 0 Å². The summed E-state index contributed by atoms with van der Waals surface area (Å²) in [5, 5.41) is 5.92. The van der Waals surface area contributed by atoms with Gasteiger partial charge in [-0.1, -0.05) is 6.92 Å². The molecule has 0 radical (unpaired) electrons. The van der Waals surface area contributed by atoms with Crippen molar-refractivity contribution in [2.24, 2.45) is 0 Å². The lowest BCUT2D eigenvalue weighted by atomic mass is 10.3. The molecule has 0 saturated heterocycles. The minimum absolute atomic E-state index is 0.0661. The number of aryl methyl sites for hydroxylation is 1. The standard InChI is InChI=1S/C12H16N4OS/c1-4-5-14-11(17)10-8(13-3)9-12(18-10)16-7(2)6-15-9/h6,13H,4-5H2,1-3H3,(H,14,17). The van der Waals surface area contributed by atoms with E-state index in [1.807, 2.05) is 13.8 Å². The average molecular weight is 264 g/mol. The summed E-state index contributed by atoms with van der Waals surface area (Å²) in [5.74, 6) is -0.0661. The van der Waals surface area contributed by atoms with Crippen LogP contribution in [-0.4, -0.2) is 29.5 Å². The van der Waals surface area contributed by atoms with E-state index in [0.717, 1.165) is 28.1 Å². The minimum atomic E-state index is -0.0661. The number of aromatic nitrogens is 2. The topological polar surface area (TPSA) is 66.9 Å². The highest BCUT2D eigenvalue weighted by Crippen LogP contribution is 2.32. The van der Waals surface area contributed by atoms with Crippen molar-refractivity contribution in [1.82, 2.24) is 15.3 Å². The van der Waals surface area contributed by atoms with Crippen LogP contribution in [0.25, 0.3) is 10.3 Å². The van der Waals surface area contributed by atoms with Crippen molar-refractivity contribution in [3.05, 3.63) is 16.8 Å². The molecule has 0 saturated carbocycles. The third-order valence-corrected chi connectivity index (χ3v) is 3.59. The highest BCUT2D eigenvalue weighted by Gasteiger charge is 2.19. The van der Waals surface area contributed by atoms with Gasteiger partial charge in [0.15, 0.2) is 0 Å². The van der Waals surface area contributed by atoms with Gasteiger partial charge in [-0.3, -0.25) is 4.79 Å². The highest BCUT2D eigenvalue weighted by atomic mass is 32.1. The van der Waals surface area contributed by atoms with Crippen LogP contribution in [0.5, 0.6) is 0 Å². The third kappa shape index (κ3) is 2.28. The Hall–Kier alpha value is -1.69. The van der Waals surface area contributed by atoms with Crippen LogP contribution in [0.2, 0.25) is 0 Å². The Bertz CT molecular complexity index is 579. The fraction of sp³-hybridized carbons (Fsp3) is 0.417. The van der Waals surface area contributed by atoms with E-state index in [4.69, 9.17) is 0 Å². The number of carbonyl (C=O) groups is 1. The molecule has 0 aliphatic rings. The molecule has 18 heavy (non-hydrogen) atoms. The quantitative estimate of drug-likeness (QED) is 0.888. The normalized spacial score (nSPS) is 10.6. The number of fused-ring (bicyclic) bond motifs is 1. The SMILES string of the molecule is CCCNC(=O)c1sc2nc(C)cnc2c1NC. The number of amides is 1. The molecule has 0 unspecified atom stereocenters. The van der Waals surface area contributed by atoms with Gasteiger partial charge in [0.1, 0.15) is 15.2 Å². The molecule has 5 nitrogen and oxygen atoms in total. The Morgan fingerprint density at radius 2 is 2.28 bits per heavy atom. The van der Waals surface area contributed by atoms with Crippen molar-refractivity contribution in [1.29, 1.82) is 0 Å². The van der Waals surface area contributed by atoms with Crippen LogP contribution in [0.15, 0.2) is 6.20 Å². The average Bonchev–Trinajstić information content (AvgIpc) is 2.73. The van der Waals surface area contributed by atoms with Gasteiger partial charge < -0.3 is 10.6 Å². The molecule has 2 heterocycles. The Labute approximate surface area is 110 Å². The fourth-order valence-electron chi connectivity index (χ4n) is 1.66. The van der Waals surface area contributed by atoms with Crippen LogP contribution >= 0.6 is 11.3 Å². The molecule has 0 fully saturated rings. The van der Waals surface area contributed by atoms with Gasteiger partial charge in [0.2, 0.25) is 0 Å². The first-order chi connectivity index (χ1) is 8.67. The third-order valence-electron chi connectivity index (χ3n) is 2.52. The second kappa shape index (κ2) is 5.30. The zero-order chi connectivity index (χ0) is 13.1. The maximum atomic E-state index is 12.0. The summed E-state index contributed by atoms with van der Waals surface area (Å²) in [4.78, 5) is 22.2. The number of hydrogen-bond donors (Lipinski definition) is 2. The summed E-state index contributed by atoms with van der Waals surface area (Å²) < 4.78 is 0. The van der Waals surface area contributed by atoms with Crippen LogP contribution < -0.4 is 10.6 Å². The molecule has 0 spiro atoms. The van der Waals surface area contributed by atoms with E-state index < -0.39 is 0 Å². The van der Waals surface area contributed by atoms with Crippen molar-refractivity contribution >= 4 is 33.3 Å². The number of nitrogens with zero attached hydrogens (tertiary/aromatic N) is 2. The highest BCUT2D eigenvalue weighted by molar-refractivity contribution is 7.21. The Kier molecular flexibility index (Phi) is 3.76. The van der Waals surface area contributed by atoms with Gasteiger partial charge in [-0.15, -0.1) is 11.3 Å². The van der Waals surface area contributed by atoms with Crippen LogP contribution in [0.1, 0.15) is 28.7 Å². The Morgan fingerprint density at radius 1 is 1.50 bits per heavy atom. The first-order valence-corrected chi connectivity index (χ1v) is 6.71. The molecule has 0 atom stereocenters. The predicted octanol–water partition coefficient (Wildman–Crippen LogP) is 2.18. The van der Waals surface area contributed by atoms with E-state index in [2.05, 4.69) is 20.6 Å². The maximum Gasteiger partial charge on any atom is 0.263 e. The molecule has 1 amide bonds. The van der Waals surface area contributed by atoms with Gasteiger partial charge in [0, 0.05) is 19.8 Å². The molecule has 2 N–H and O–H groups in total. The first kappa shape index (κ1) is 12.8. The van der Waals surface area contributed by atoms with Gasteiger partial charge in [-0.05, 0) is 13.3 Å². The molecule has 2 aromatic rings. The number of rotatable bonds is 4. The number of nitrogens with one attached hydrogen (secondary N) is 2. The summed E-state index contributed by atoms with van der Waals surface area (Å²) in [5.41, 5.74) is 2.37. The number of anilines is 1. The summed E-state index contributed by atoms with van der Waals surface area (Å²) in [6, 6.07) is 0. The van der Waals surface area contributed by atoms with Gasteiger partial charge in [-0.2, -0.15) is 0 Å². The van der Waals surface area contributed by atoms with Crippen molar-refractivity contribution in [2.45, 2.75) is 20.3 Å². The second-order valence-corrected chi connectivity index (χ2v) is 4.98. The molecule has 0 aliphatic heterocycles. The number of hydrogen-bond acceptors (Lipinski definition) is 5. The largest absolute Gasteiger partial charge is 0.385 e. The number of thiophene rings is 1. The zero-order valence-corrected chi connectivity index (χ0v) is 11.5. The van der Waals surface area contributed by atoms with Crippen LogP contribution in [0.3, 0.4) is 0 Å². The zero-order valence-electron chi connectivity index (χ0n) is 10.7. The van der Waals surface area contributed by atoms with E-state index >= 15 is 0 Å². The van der Waals surface area contributed by atoms with Gasteiger partial charge in [-0.25, -0.2) is 9.97 Å². The van der Waals surface area contributed by atoms with E-state index in [9.17, 15) is 4.79 Å². The van der Waals surface area contributed by atoms with Crippen LogP contribution in [0, 0.1) is 6.92 Å². The van der Waals surface area contributed by atoms with Crippen molar-refractivity contribution in [3.8, 4) is 0 Å². The van der Waals surface area contributed by atoms with E-state index in [1.165, 1.54) is 11.3 Å². The van der Waals surface area contributed by atoms with Crippen LogP contribution in [0.4, 0.5) is 5.69 Å². The van der Waals surface area contributed by atoms with E-state index in [1.54, 1.807) is 13.2 Å². The molecule has 2 rings (SSSR count). The Balaban J connectivity index is 2.46. The lowest BCUT2D eigenvalue weighted by molar-refractivity contribution is 0.0958. The molecule has 96 valence electrons. The number of carbonyl (C=O) groups excluding carboxylic acids is 1. The molecule has 0 aliphatic carbocycles. The predicted molar refractivity (Wildman–Crippen MR) is 74.3 cm³/mol. The Morgan fingerprint density at radius 3 is 2.94 bits per heavy atom. The second-order valence-electron chi connectivity index (χ2n) is 3.98. The minimum Gasteiger partial charge on any atom is -0.385 e. The molecule has 2 aromatic heterocycles. The maximum absolute atomic E-state index is 12.0. The smallest absolute Gasteiger partial charge is 0.263 e. The monoisotopic (exact) mass is 264 g/mol. The molecule has 6 heteroatoms. The van der Waals surface area contributed by atoms with Gasteiger partial charge in [0.25, 0.3) is 5.91 Å². The first-order valence-electron chi connectivity index (χ1n) is 5.89. The molecular formula is C12H16N4OS. The lowest BCUT2D eigenvalue weighted by Crippen LogP contribution is -2.23. The van der Waals surface area contributed by atoms with Gasteiger partial charge in [0.05, 0.1) is 11.4 Å². The molecular weight excluding hydrogens is 248 g/mol. The van der Waals surface area contributed by atoms with Crippen LogP contribution in [-0.2, 0) is 0 Å². The molecule has 0 aromatic carbocycles. The summed E-state index contributed by atoms with van der Waals surface area (Å²) in [6.07, 6.45) is 2.63.